The topological polar surface area (TPSA) is 0 Å². The average molecular weight is 269 g/mol. The van der Waals surface area contributed by atoms with Gasteiger partial charge in [-0.05, 0) is 29.6 Å². The van der Waals surface area contributed by atoms with Gasteiger partial charge in [0.1, 0.15) is 0 Å². The van der Waals surface area contributed by atoms with Crippen LogP contribution in [-0.4, -0.2) is 0 Å². The molecule has 0 N–H and O–H groups in total. The molecule has 0 bridgehead atoms. The molecular weight excluding hydrogens is 228 g/mol. The molecule has 116 valence electrons. The molecule has 0 saturated carbocycles. The molecule has 0 aromatic rings. The third-order valence-electron chi connectivity index (χ3n) is 3.83. The molecule has 0 heteroatoms. The first kappa shape index (κ1) is 19.0. The van der Waals surface area contributed by atoms with Crippen molar-refractivity contribution in [3.63, 3.8) is 0 Å². The Kier molecular flexibility index (Phi) is 9.03. The third-order valence-corrected chi connectivity index (χ3v) is 3.83. The van der Waals surface area contributed by atoms with Gasteiger partial charge >= 0.3 is 0 Å². The van der Waals surface area contributed by atoms with Gasteiger partial charge < -0.3 is 0 Å². The van der Waals surface area contributed by atoms with Crippen LogP contribution in [0.3, 0.4) is 0 Å². The minimum Gasteiger partial charge on any atom is -0.0625 e. The molecule has 1 unspecified atom stereocenters. The quantitative estimate of drug-likeness (QED) is 0.387. The zero-order chi connectivity index (χ0) is 14.9. The molecule has 0 aromatic carbocycles. The summed E-state index contributed by atoms with van der Waals surface area (Å²) in [6, 6.07) is 0. The Bertz CT molecular complexity index is 201. The monoisotopic (exact) mass is 268 g/mol. The fraction of sp³-hybridized carbons (Fsp3) is 1.00. The lowest BCUT2D eigenvalue weighted by Crippen LogP contribution is -2.10. The van der Waals surface area contributed by atoms with Crippen molar-refractivity contribution >= 4 is 0 Å². The fourth-order valence-electron chi connectivity index (χ4n) is 3.00. The molecule has 0 nitrogen and oxygen atoms in total. The summed E-state index contributed by atoms with van der Waals surface area (Å²) >= 11 is 0. The van der Waals surface area contributed by atoms with Gasteiger partial charge in [0, 0.05) is 0 Å². The van der Waals surface area contributed by atoms with Gasteiger partial charge in [-0.1, -0.05) is 93.4 Å². The van der Waals surface area contributed by atoms with Gasteiger partial charge in [-0.2, -0.15) is 0 Å². The van der Waals surface area contributed by atoms with Crippen LogP contribution in [0.2, 0.25) is 0 Å². The summed E-state index contributed by atoms with van der Waals surface area (Å²) in [6.07, 6.45) is 12.8. The van der Waals surface area contributed by atoms with Crippen LogP contribution in [0.1, 0.15) is 106 Å². The van der Waals surface area contributed by atoms with Crippen molar-refractivity contribution in [1.82, 2.24) is 0 Å². The maximum atomic E-state index is 2.43. The second-order valence-electron chi connectivity index (χ2n) is 9.09. The Morgan fingerprint density at radius 2 is 1.11 bits per heavy atom. The molecule has 0 radical (unpaired) electrons. The lowest BCUT2D eigenvalue weighted by atomic mass is 9.83. The maximum absolute atomic E-state index is 2.43. The highest BCUT2D eigenvalue weighted by atomic mass is 14.2. The summed E-state index contributed by atoms with van der Waals surface area (Å²) in [5.41, 5.74) is 1.04. The second kappa shape index (κ2) is 9.03. The third kappa shape index (κ3) is 15.9. The van der Waals surface area contributed by atoms with E-state index in [2.05, 4.69) is 48.5 Å². The summed E-state index contributed by atoms with van der Waals surface area (Å²) < 4.78 is 0. The number of unbranched alkanes of at least 4 members (excludes halogenated alkanes) is 5. The average Bonchev–Trinajstić information content (AvgIpc) is 2.17. The van der Waals surface area contributed by atoms with Gasteiger partial charge in [-0.15, -0.1) is 0 Å². The molecule has 0 amide bonds. The fourth-order valence-corrected chi connectivity index (χ4v) is 3.00. The van der Waals surface area contributed by atoms with Crippen LogP contribution in [0.5, 0.6) is 0 Å². The van der Waals surface area contributed by atoms with Crippen LogP contribution in [-0.2, 0) is 0 Å². The molecule has 0 spiro atoms. The van der Waals surface area contributed by atoms with Crippen LogP contribution < -0.4 is 0 Å². The molecule has 0 aliphatic heterocycles. The lowest BCUT2D eigenvalue weighted by molar-refractivity contribution is 0.291. The Balaban J connectivity index is 3.32. The number of hydrogen-bond donors (Lipinski definition) is 0. The number of rotatable bonds is 9. The molecule has 0 aliphatic rings. The first-order chi connectivity index (χ1) is 8.60. The van der Waals surface area contributed by atoms with Crippen LogP contribution in [0.25, 0.3) is 0 Å². The van der Waals surface area contributed by atoms with E-state index >= 15 is 0 Å². The Morgan fingerprint density at radius 3 is 1.58 bits per heavy atom. The zero-order valence-corrected chi connectivity index (χ0v) is 14.9. The summed E-state index contributed by atoms with van der Waals surface area (Å²) in [6.45, 7) is 16.6. The van der Waals surface area contributed by atoms with Gasteiger partial charge in [0.25, 0.3) is 0 Å². The van der Waals surface area contributed by atoms with Gasteiger partial charge in [0.05, 0.1) is 0 Å². The van der Waals surface area contributed by atoms with E-state index in [1.165, 1.54) is 57.8 Å². The Hall–Kier alpha value is 0. The van der Waals surface area contributed by atoms with E-state index in [1.807, 2.05) is 0 Å². The molecule has 0 fully saturated rings. The first-order valence-corrected chi connectivity index (χ1v) is 8.60. The molecule has 0 aliphatic carbocycles. The van der Waals surface area contributed by atoms with Crippen molar-refractivity contribution in [2.75, 3.05) is 0 Å². The van der Waals surface area contributed by atoms with E-state index in [1.54, 1.807) is 0 Å². The maximum Gasteiger partial charge on any atom is -0.0380 e. The minimum atomic E-state index is 0.506. The molecule has 0 heterocycles. The highest BCUT2D eigenvalue weighted by Gasteiger charge is 2.14. The summed E-state index contributed by atoms with van der Waals surface area (Å²) in [4.78, 5) is 0. The molecule has 19 heavy (non-hydrogen) atoms. The largest absolute Gasteiger partial charge is 0.0625 e. The van der Waals surface area contributed by atoms with Crippen LogP contribution >= 0.6 is 0 Å². The summed E-state index contributed by atoms with van der Waals surface area (Å²) in [5.74, 6) is 0.904. The lowest BCUT2D eigenvalue weighted by Gasteiger charge is -2.23. The van der Waals surface area contributed by atoms with Crippen LogP contribution in [0.4, 0.5) is 0 Å². The first-order valence-electron chi connectivity index (χ1n) is 8.60. The van der Waals surface area contributed by atoms with Crippen molar-refractivity contribution in [2.45, 2.75) is 106 Å². The van der Waals surface area contributed by atoms with Crippen LogP contribution in [0.15, 0.2) is 0 Å². The SMILES string of the molecule is CC(CCCCCCCCC(C)(C)C)CC(C)(C)C. The molecule has 0 saturated heterocycles. The minimum absolute atomic E-state index is 0.506. The van der Waals surface area contributed by atoms with Gasteiger partial charge in [0.15, 0.2) is 0 Å². The van der Waals surface area contributed by atoms with Crippen molar-refractivity contribution in [3.8, 4) is 0 Å². The zero-order valence-electron chi connectivity index (χ0n) is 14.9. The van der Waals surface area contributed by atoms with E-state index in [4.69, 9.17) is 0 Å². The standard InChI is InChI=1S/C19H40/c1-17(16-19(5,6)7)14-12-10-8-9-11-13-15-18(2,3)4/h17H,8-16H2,1-7H3. The van der Waals surface area contributed by atoms with E-state index in [0.717, 1.165) is 5.92 Å². The predicted molar refractivity (Wildman–Crippen MR) is 89.6 cm³/mol. The molecular formula is C19H40. The smallest absolute Gasteiger partial charge is 0.0380 e. The predicted octanol–water partition coefficient (Wildman–Crippen LogP) is 7.23. The Labute approximate surface area is 123 Å². The molecule has 0 rings (SSSR count). The molecule has 1 atom stereocenters. The second-order valence-corrected chi connectivity index (χ2v) is 9.09. The van der Waals surface area contributed by atoms with Crippen molar-refractivity contribution < 1.29 is 0 Å². The Morgan fingerprint density at radius 1 is 0.632 bits per heavy atom. The number of hydrogen-bond acceptors (Lipinski definition) is 0. The van der Waals surface area contributed by atoms with E-state index in [0.29, 0.717) is 10.8 Å². The van der Waals surface area contributed by atoms with Gasteiger partial charge in [0.2, 0.25) is 0 Å². The normalized spacial score (nSPS) is 14.7. The summed E-state index contributed by atoms with van der Waals surface area (Å²) in [7, 11) is 0. The molecule has 0 aromatic heterocycles. The van der Waals surface area contributed by atoms with Crippen molar-refractivity contribution in [2.24, 2.45) is 16.7 Å². The highest BCUT2D eigenvalue weighted by molar-refractivity contribution is 4.66. The van der Waals surface area contributed by atoms with Crippen molar-refractivity contribution in [3.05, 3.63) is 0 Å². The van der Waals surface area contributed by atoms with Crippen molar-refractivity contribution in [1.29, 1.82) is 0 Å². The highest BCUT2D eigenvalue weighted by Crippen LogP contribution is 2.27. The van der Waals surface area contributed by atoms with E-state index in [-0.39, 0.29) is 0 Å². The van der Waals surface area contributed by atoms with E-state index in [9.17, 15) is 0 Å². The van der Waals surface area contributed by atoms with E-state index < -0.39 is 0 Å². The summed E-state index contributed by atoms with van der Waals surface area (Å²) in [5, 5.41) is 0. The van der Waals surface area contributed by atoms with Gasteiger partial charge in [-0.25, -0.2) is 0 Å². The van der Waals surface area contributed by atoms with Gasteiger partial charge in [-0.3, -0.25) is 0 Å². The van der Waals surface area contributed by atoms with Crippen LogP contribution in [0, 0.1) is 16.7 Å².